The van der Waals surface area contributed by atoms with Gasteiger partial charge in [-0.2, -0.15) is 0 Å². The molecule has 0 unspecified atom stereocenters. The number of Topliss-reactive ketones (excluding diaryl/α,β-unsaturated/α-hetero) is 1. The number of hydrogen-bond acceptors (Lipinski definition) is 5. The SMILES string of the molecule is COC(=O)CCn1c(C)cc(C(=O)COC(=O)c2ccccc2C)c1C. The van der Waals surface area contributed by atoms with Gasteiger partial charge in [0.15, 0.2) is 6.61 Å². The lowest BCUT2D eigenvalue weighted by atomic mass is 10.1. The molecule has 1 aromatic carbocycles. The molecule has 1 heterocycles. The molecule has 0 spiro atoms. The molecule has 0 radical (unpaired) electrons. The van der Waals surface area contributed by atoms with Gasteiger partial charge in [-0.25, -0.2) is 4.79 Å². The van der Waals surface area contributed by atoms with Gasteiger partial charge in [0.05, 0.1) is 19.1 Å². The van der Waals surface area contributed by atoms with Crippen LogP contribution >= 0.6 is 0 Å². The standard InChI is InChI=1S/C20H23NO5/c1-13-7-5-6-8-16(13)20(24)26-12-18(22)17-11-14(2)21(15(17)3)10-9-19(23)25-4/h5-8,11H,9-10,12H2,1-4H3. The first kappa shape index (κ1) is 19.4. The summed E-state index contributed by atoms with van der Waals surface area (Å²) in [5.41, 5.74) is 3.34. The number of aryl methyl sites for hydroxylation is 2. The van der Waals surface area contributed by atoms with Gasteiger partial charge in [0.2, 0.25) is 5.78 Å². The van der Waals surface area contributed by atoms with Gasteiger partial charge in [-0.15, -0.1) is 0 Å². The molecule has 0 saturated carbocycles. The van der Waals surface area contributed by atoms with E-state index in [9.17, 15) is 14.4 Å². The van der Waals surface area contributed by atoms with Crippen molar-refractivity contribution in [3.63, 3.8) is 0 Å². The summed E-state index contributed by atoms with van der Waals surface area (Å²) >= 11 is 0. The van der Waals surface area contributed by atoms with Gasteiger partial charge in [0, 0.05) is 23.5 Å². The summed E-state index contributed by atoms with van der Waals surface area (Å²) in [6, 6.07) is 8.81. The highest BCUT2D eigenvalue weighted by atomic mass is 16.5. The molecule has 0 amide bonds. The van der Waals surface area contributed by atoms with Gasteiger partial charge in [0.25, 0.3) is 0 Å². The zero-order valence-corrected chi connectivity index (χ0v) is 15.5. The van der Waals surface area contributed by atoms with Gasteiger partial charge in [-0.05, 0) is 38.5 Å². The van der Waals surface area contributed by atoms with E-state index in [1.807, 2.05) is 30.5 Å². The second kappa shape index (κ2) is 8.47. The summed E-state index contributed by atoms with van der Waals surface area (Å²) in [7, 11) is 1.34. The van der Waals surface area contributed by atoms with Crippen LogP contribution in [0.4, 0.5) is 0 Å². The highest BCUT2D eigenvalue weighted by molar-refractivity contribution is 6.00. The molecule has 138 valence electrons. The Labute approximate surface area is 152 Å². The number of carbonyl (C=O) groups excluding carboxylic acids is 3. The number of aromatic nitrogens is 1. The van der Waals surface area contributed by atoms with Gasteiger partial charge in [0.1, 0.15) is 0 Å². The summed E-state index contributed by atoms with van der Waals surface area (Å²) in [6.45, 7) is 5.59. The van der Waals surface area contributed by atoms with E-state index in [0.717, 1.165) is 17.0 Å². The first-order valence-electron chi connectivity index (χ1n) is 8.34. The van der Waals surface area contributed by atoms with E-state index in [-0.39, 0.29) is 24.8 Å². The molecule has 0 N–H and O–H groups in total. The van der Waals surface area contributed by atoms with Crippen molar-refractivity contribution >= 4 is 17.7 Å². The van der Waals surface area contributed by atoms with Crippen LogP contribution < -0.4 is 0 Å². The first-order chi connectivity index (χ1) is 12.3. The van der Waals surface area contributed by atoms with Crippen LogP contribution in [0.15, 0.2) is 30.3 Å². The predicted octanol–water partition coefficient (Wildman–Crippen LogP) is 3.02. The fourth-order valence-corrected chi connectivity index (χ4v) is 2.82. The van der Waals surface area contributed by atoms with E-state index >= 15 is 0 Å². The van der Waals surface area contributed by atoms with Gasteiger partial charge in [-0.1, -0.05) is 18.2 Å². The Morgan fingerprint density at radius 1 is 1.04 bits per heavy atom. The third-order valence-electron chi connectivity index (χ3n) is 4.34. The quantitative estimate of drug-likeness (QED) is 0.562. The first-order valence-corrected chi connectivity index (χ1v) is 8.34. The van der Waals surface area contributed by atoms with Crippen LogP contribution in [0.25, 0.3) is 0 Å². The van der Waals surface area contributed by atoms with E-state index in [0.29, 0.717) is 17.7 Å². The fraction of sp³-hybridized carbons (Fsp3) is 0.350. The number of esters is 2. The van der Waals surface area contributed by atoms with Crippen molar-refractivity contribution in [2.45, 2.75) is 33.7 Å². The monoisotopic (exact) mass is 357 g/mol. The molecule has 0 saturated heterocycles. The minimum absolute atomic E-state index is 0.225. The van der Waals surface area contributed by atoms with E-state index in [1.165, 1.54) is 7.11 Å². The number of hydrogen-bond donors (Lipinski definition) is 0. The maximum absolute atomic E-state index is 12.5. The van der Waals surface area contributed by atoms with Crippen molar-refractivity contribution in [1.29, 1.82) is 0 Å². The average molecular weight is 357 g/mol. The third kappa shape index (κ3) is 4.39. The summed E-state index contributed by atoms with van der Waals surface area (Å²) < 4.78 is 11.7. The topological polar surface area (TPSA) is 74.6 Å². The average Bonchev–Trinajstić information content (AvgIpc) is 2.91. The minimum atomic E-state index is -0.518. The highest BCUT2D eigenvalue weighted by Gasteiger charge is 2.19. The van der Waals surface area contributed by atoms with Crippen molar-refractivity contribution in [3.05, 3.63) is 58.4 Å². The molecule has 2 aromatic rings. The van der Waals surface area contributed by atoms with Gasteiger partial charge >= 0.3 is 11.9 Å². The molecular weight excluding hydrogens is 334 g/mol. The number of ketones is 1. The normalized spacial score (nSPS) is 10.5. The Morgan fingerprint density at radius 3 is 2.38 bits per heavy atom. The van der Waals surface area contributed by atoms with Crippen LogP contribution in [-0.4, -0.2) is 36.0 Å². The van der Waals surface area contributed by atoms with E-state index in [1.54, 1.807) is 25.1 Å². The Morgan fingerprint density at radius 2 is 1.73 bits per heavy atom. The largest absolute Gasteiger partial charge is 0.469 e. The fourth-order valence-electron chi connectivity index (χ4n) is 2.82. The Kier molecular flexibility index (Phi) is 6.33. The molecule has 26 heavy (non-hydrogen) atoms. The molecule has 6 heteroatoms. The smallest absolute Gasteiger partial charge is 0.338 e. The molecule has 1 aromatic heterocycles. The van der Waals surface area contributed by atoms with Gasteiger partial charge in [-0.3, -0.25) is 9.59 Å². The predicted molar refractivity (Wildman–Crippen MR) is 96.3 cm³/mol. The van der Waals surface area contributed by atoms with Crippen LogP contribution in [-0.2, 0) is 20.8 Å². The maximum atomic E-state index is 12.5. The molecular formula is C20H23NO5. The summed E-state index contributed by atoms with van der Waals surface area (Å²) in [6.07, 6.45) is 0.225. The van der Waals surface area contributed by atoms with E-state index < -0.39 is 5.97 Å². The maximum Gasteiger partial charge on any atom is 0.338 e. The lowest BCUT2D eigenvalue weighted by molar-refractivity contribution is -0.140. The molecule has 2 rings (SSSR count). The third-order valence-corrected chi connectivity index (χ3v) is 4.34. The second-order valence-electron chi connectivity index (χ2n) is 6.08. The van der Waals surface area contributed by atoms with Crippen LogP contribution in [0.1, 0.15) is 44.1 Å². The van der Waals surface area contributed by atoms with Crippen molar-refractivity contribution in [3.8, 4) is 0 Å². The lowest BCUT2D eigenvalue weighted by Gasteiger charge is -2.09. The van der Waals surface area contributed by atoms with Crippen LogP contribution in [0.3, 0.4) is 0 Å². The summed E-state index contributed by atoms with van der Waals surface area (Å²) in [4.78, 5) is 35.9. The zero-order chi connectivity index (χ0) is 19.3. The summed E-state index contributed by atoms with van der Waals surface area (Å²) in [5.74, 6) is -1.10. The van der Waals surface area contributed by atoms with Crippen molar-refractivity contribution in [2.75, 3.05) is 13.7 Å². The van der Waals surface area contributed by atoms with Crippen LogP contribution in [0.5, 0.6) is 0 Å². The van der Waals surface area contributed by atoms with E-state index in [2.05, 4.69) is 4.74 Å². The minimum Gasteiger partial charge on any atom is -0.469 e. The second-order valence-corrected chi connectivity index (χ2v) is 6.08. The Hall–Kier alpha value is -2.89. The molecule has 0 fully saturated rings. The highest BCUT2D eigenvalue weighted by Crippen LogP contribution is 2.17. The number of methoxy groups -OCH3 is 1. The van der Waals surface area contributed by atoms with Gasteiger partial charge < -0.3 is 14.0 Å². The zero-order valence-electron chi connectivity index (χ0n) is 15.5. The number of ether oxygens (including phenoxy) is 2. The number of rotatable bonds is 7. The summed E-state index contributed by atoms with van der Waals surface area (Å²) in [5, 5.41) is 0. The van der Waals surface area contributed by atoms with Crippen molar-refractivity contribution < 1.29 is 23.9 Å². The van der Waals surface area contributed by atoms with Crippen LogP contribution in [0, 0.1) is 20.8 Å². The van der Waals surface area contributed by atoms with Crippen molar-refractivity contribution in [2.24, 2.45) is 0 Å². The molecule has 0 atom stereocenters. The number of carbonyl (C=O) groups is 3. The van der Waals surface area contributed by atoms with Crippen molar-refractivity contribution in [1.82, 2.24) is 4.57 Å². The molecule has 0 aliphatic heterocycles. The lowest BCUT2D eigenvalue weighted by Crippen LogP contribution is -2.16. The number of benzene rings is 1. The molecule has 0 aliphatic rings. The van der Waals surface area contributed by atoms with Crippen LogP contribution in [0.2, 0.25) is 0 Å². The Bertz CT molecular complexity index is 835. The molecule has 0 bridgehead atoms. The van der Waals surface area contributed by atoms with E-state index in [4.69, 9.17) is 4.74 Å². The molecule has 6 nitrogen and oxygen atoms in total. The number of nitrogens with zero attached hydrogens (tertiary/aromatic N) is 1. The Balaban J connectivity index is 2.05. The molecule has 0 aliphatic carbocycles.